The molecule has 1 amide bonds. The summed E-state index contributed by atoms with van der Waals surface area (Å²) in [5.41, 5.74) is 2.97. The van der Waals surface area contributed by atoms with E-state index in [1.807, 2.05) is 27.8 Å². The average molecular weight is 315 g/mol. The highest BCUT2D eigenvalue weighted by Crippen LogP contribution is 2.28. The molecule has 0 radical (unpaired) electrons. The van der Waals surface area contributed by atoms with Gasteiger partial charge in [-0.3, -0.25) is 4.79 Å². The molecule has 1 N–H and O–H groups in total. The first-order valence-corrected chi connectivity index (χ1v) is 8.19. The predicted octanol–water partition coefficient (Wildman–Crippen LogP) is 2.70. The second-order valence-corrected chi connectivity index (χ2v) is 7.06. The highest BCUT2D eigenvalue weighted by atomic mass is 16.5. The molecule has 124 valence electrons. The fraction of sp³-hybridized carbons (Fsp3) is 0.556. The van der Waals surface area contributed by atoms with Gasteiger partial charge < -0.3 is 14.6 Å². The molecule has 0 aliphatic carbocycles. The fourth-order valence-electron chi connectivity index (χ4n) is 3.26. The summed E-state index contributed by atoms with van der Waals surface area (Å²) < 4.78 is 7.75. The van der Waals surface area contributed by atoms with E-state index in [-0.39, 0.29) is 17.4 Å². The molecule has 2 aromatic rings. The Kier molecular flexibility index (Phi) is 4.15. The van der Waals surface area contributed by atoms with Crippen LogP contribution in [-0.4, -0.2) is 27.7 Å². The molecule has 0 spiro atoms. The number of amides is 1. The molecule has 1 saturated heterocycles. The Morgan fingerprint density at radius 3 is 3.00 bits per heavy atom. The molecule has 3 rings (SSSR count). The first-order chi connectivity index (χ1) is 10.9. The zero-order valence-corrected chi connectivity index (χ0v) is 14.3. The average Bonchev–Trinajstić information content (AvgIpc) is 2.78. The van der Waals surface area contributed by atoms with Gasteiger partial charge in [-0.2, -0.15) is 0 Å². The molecule has 2 heterocycles. The number of imidazole rings is 1. The van der Waals surface area contributed by atoms with Gasteiger partial charge in [0.05, 0.1) is 16.6 Å². The van der Waals surface area contributed by atoms with Crippen LogP contribution < -0.4 is 5.32 Å². The third kappa shape index (κ3) is 3.39. The van der Waals surface area contributed by atoms with Crippen molar-refractivity contribution in [3.8, 4) is 0 Å². The Morgan fingerprint density at radius 2 is 2.26 bits per heavy atom. The number of aryl methyl sites for hydroxylation is 2. The predicted molar refractivity (Wildman–Crippen MR) is 90.1 cm³/mol. The minimum absolute atomic E-state index is 0.0413. The molecule has 0 unspecified atom stereocenters. The maximum absolute atomic E-state index is 12.4. The molecule has 1 aromatic heterocycles. The van der Waals surface area contributed by atoms with Crippen LogP contribution in [0, 0.1) is 12.8 Å². The van der Waals surface area contributed by atoms with Crippen LogP contribution in [0.25, 0.3) is 11.0 Å². The highest BCUT2D eigenvalue weighted by Gasteiger charge is 2.32. The normalized spacial score (nSPS) is 20.6. The van der Waals surface area contributed by atoms with Crippen LogP contribution in [0.5, 0.6) is 0 Å². The van der Waals surface area contributed by atoms with E-state index in [0.29, 0.717) is 13.2 Å². The van der Waals surface area contributed by atoms with E-state index in [0.717, 1.165) is 35.3 Å². The van der Waals surface area contributed by atoms with Gasteiger partial charge in [-0.15, -0.1) is 0 Å². The number of aromatic nitrogens is 2. The van der Waals surface area contributed by atoms with Gasteiger partial charge >= 0.3 is 0 Å². The van der Waals surface area contributed by atoms with Crippen molar-refractivity contribution in [3.05, 3.63) is 29.6 Å². The second kappa shape index (κ2) is 5.96. The standard InChI is InChI=1S/C18H25N3O2/c1-12-20-15-9-13(5-6-16(15)21(12)4)11-19-17(22)14-7-8-23-18(2,3)10-14/h5-6,9,14H,7-8,10-11H2,1-4H3,(H,19,22)/t14-/m0/s1. The molecule has 1 aliphatic rings. The lowest BCUT2D eigenvalue weighted by Crippen LogP contribution is -2.41. The summed E-state index contributed by atoms with van der Waals surface area (Å²) >= 11 is 0. The lowest BCUT2D eigenvalue weighted by atomic mass is 9.88. The van der Waals surface area contributed by atoms with E-state index in [1.165, 1.54) is 0 Å². The van der Waals surface area contributed by atoms with Crippen molar-refractivity contribution in [2.24, 2.45) is 13.0 Å². The van der Waals surface area contributed by atoms with Crippen LogP contribution in [-0.2, 0) is 23.1 Å². The molecule has 1 atom stereocenters. The SMILES string of the molecule is Cc1nc2cc(CNC(=O)[C@H]3CCOC(C)(C)C3)ccc2n1C. The number of fused-ring (bicyclic) bond motifs is 1. The van der Waals surface area contributed by atoms with Crippen molar-refractivity contribution >= 4 is 16.9 Å². The number of benzene rings is 1. The summed E-state index contributed by atoms with van der Waals surface area (Å²) in [4.78, 5) is 16.9. The molecule has 5 heteroatoms. The molecule has 0 bridgehead atoms. The number of rotatable bonds is 3. The molecule has 0 saturated carbocycles. The maximum atomic E-state index is 12.4. The summed E-state index contributed by atoms with van der Waals surface area (Å²) in [6.07, 6.45) is 1.57. The van der Waals surface area contributed by atoms with Crippen LogP contribution in [0.1, 0.15) is 38.1 Å². The molecule has 23 heavy (non-hydrogen) atoms. The summed E-state index contributed by atoms with van der Waals surface area (Å²) in [6.45, 7) is 7.29. The van der Waals surface area contributed by atoms with Crippen molar-refractivity contribution < 1.29 is 9.53 Å². The zero-order valence-electron chi connectivity index (χ0n) is 14.3. The first-order valence-electron chi connectivity index (χ1n) is 8.19. The summed E-state index contributed by atoms with van der Waals surface area (Å²) in [7, 11) is 2.01. The largest absolute Gasteiger partial charge is 0.376 e. The lowest BCUT2D eigenvalue weighted by Gasteiger charge is -2.34. The lowest BCUT2D eigenvalue weighted by molar-refractivity contribution is -0.135. The van der Waals surface area contributed by atoms with E-state index < -0.39 is 0 Å². The number of nitrogens with zero attached hydrogens (tertiary/aromatic N) is 2. The second-order valence-electron chi connectivity index (χ2n) is 7.06. The van der Waals surface area contributed by atoms with Crippen molar-refractivity contribution in [1.29, 1.82) is 0 Å². The Balaban J connectivity index is 1.65. The van der Waals surface area contributed by atoms with Gasteiger partial charge in [-0.05, 0) is 51.3 Å². The number of nitrogens with one attached hydrogen (secondary N) is 1. The van der Waals surface area contributed by atoms with Gasteiger partial charge in [0.25, 0.3) is 0 Å². The van der Waals surface area contributed by atoms with Crippen LogP contribution in [0.2, 0.25) is 0 Å². The van der Waals surface area contributed by atoms with E-state index in [1.54, 1.807) is 0 Å². The van der Waals surface area contributed by atoms with E-state index in [9.17, 15) is 4.79 Å². The van der Waals surface area contributed by atoms with Crippen molar-refractivity contribution in [2.75, 3.05) is 6.61 Å². The van der Waals surface area contributed by atoms with Crippen LogP contribution >= 0.6 is 0 Å². The summed E-state index contributed by atoms with van der Waals surface area (Å²) in [5.74, 6) is 1.16. The minimum Gasteiger partial charge on any atom is -0.376 e. The van der Waals surface area contributed by atoms with Crippen molar-refractivity contribution in [1.82, 2.24) is 14.9 Å². The van der Waals surface area contributed by atoms with Gasteiger partial charge in [0.15, 0.2) is 0 Å². The van der Waals surface area contributed by atoms with Gasteiger partial charge in [-0.1, -0.05) is 6.07 Å². The number of carbonyl (C=O) groups is 1. The topological polar surface area (TPSA) is 56.1 Å². The van der Waals surface area contributed by atoms with Crippen molar-refractivity contribution in [3.63, 3.8) is 0 Å². The number of hydrogen-bond acceptors (Lipinski definition) is 3. The summed E-state index contributed by atoms with van der Waals surface area (Å²) in [6, 6.07) is 6.17. The van der Waals surface area contributed by atoms with E-state index >= 15 is 0 Å². The van der Waals surface area contributed by atoms with Crippen LogP contribution in [0.15, 0.2) is 18.2 Å². The molecule has 1 aromatic carbocycles. The number of hydrogen-bond donors (Lipinski definition) is 1. The van der Waals surface area contributed by atoms with Gasteiger partial charge in [0.2, 0.25) is 5.91 Å². The number of carbonyl (C=O) groups excluding carboxylic acids is 1. The Morgan fingerprint density at radius 1 is 1.48 bits per heavy atom. The molecule has 1 aliphatic heterocycles. The molecular weight excluding hydrogens is 290 g/mol. The Hall–Kier alpha value is -1.88. The Labute approximate surface area is 137 Å². The van der Waals surface area contributed by atoms with Gasteiger partial charge in [0.1, 0.15) is 5.82 Å². The van der Waals surface area contributed by atoms with Gasteiger partial charge in [0, 0.05) is 26.1 Å². The zero-order chi connectivity index (χ0) is 16.6. The highest BCUT2D eigenvalue weighted by molar-refractivity contribution is 5.79. The van der Waals surface area contributed by atoms with Crippen LogP contribution in [0.3, 0.4) is 0 Å². The molecular formula is C18H25N3O2. The van der Waals surface area contributed by atoms with E-state index in [2.05, 4.69) is 33.1 Å². The van der Waals surface area contributed by atoms with Crippen LogP contribution in [0.4, 0.5) is 0 Å². The fourth-order valence-corrected chi connectivity index (χ4v) is 3.26. The number of ether oxygens (including phenoxy) is 1. The summed E-state index contributed by atoms with van der Waals surface area (Å²) in [5, 5.41) is 3.06. The maximum Gasteiger partial charge on any atom is 0.223 e. The molecule has 5 nitrogen and oxygen atoms in total. The molecule has 1 fully saturated rings. The quantitative estimate of drug-likeness (QED) is 0.947. The monoisotopic (exact) mass is 315 g/mol. The van der Waals surface area contributed by atoms with Gasteiger partial charge in [-0.25, -0.2) is 4.98 Å². The third-order valence-corrected chi connectivity index (χ3v) is 4.70. The first kappa shape index (κ1) is 16.0. The Bertz CT molecular complexity index is 733. The van der Waals surface area contributed by atoms with Crippen molar-refractivity contribution in [2.45, 2.75) is 45.8 Å². The minimum atomic E-state index is -0.204. The smallest absolute Gasteiger partial charge is 0.223 e. The third-order valence-electron chi connectivity index (χ3n) is 4.70. The van der Waals surface area contributed by atoms with E-state index in [4.69, 9.17) is 4.74 Å².